The first kappa shape index (κ1) is 25.8. The Balaban J connectivity index is 1.45. The second-order valence-electron chi connectivity index (χ2n) is 9.04. The van der Waals surface area contributed by atoms with E-state index >= 15 is 0 Å². The van der Waals surface area contributed by atoms with Gasteiger partial charge >= 0.3 is 0 Å². The second kappa shape index (κ2) is 14.5. The van der Waals surface area contributed by atoms with Gasteiger partial charge in [0.2, 0.25) is 0 Å². The Kier molecular flexibility index (Phi) is 11.0. The molecule has 0 spiro atoms. The smallest absolute Gasteiger partial charge is 0.162 e. The Labute approximate surface area is 204 Å². The Morgan fingerprint density at radius 3 is 2.29 bits per heavy atom. The molecular formula is C27H40N6O. The van der Waals surface area contributed by atoms with Crippen molar-refractivity contribution >= 4 is 5.78 Å². The molecule has 0 amide bonds. The topological polar surface area (TPSA) is 80.9 Å². The van der Waals surface area contributed by atoms with Crippen molar-refractivity contribution in [1.82, 2.24) is 30.0 Å². The average Bonchev–Trinajstić information content (AvgIpc) is 3.54. The summed E-state index contributed by atoms with van der Waals surface area (Å²) in [6.45, 7) is 10.2. The van der Waals surface area contributed by atoms with Gasteiger partial charge in [0.25, 0.3) is 0 Å². The van der Waals surface area contributed by atoms with E-state index < -0.39 is 0 Å². The molecule has 0 bridgehead atoms. The normalized spacial score (nSPS) is 11.5. The lowest BCUT2D eigenvalue weighted by molar-refractivity contribution is 0.0978. The lowest BCUT2D eigenvalue weighted by Crippen LogP contribution is -2.26. The van der Waals surface area contributed by atoms with Crippen molar-refractivity contribution in [3.8, 4) is 0 Å². The number of H-pyrrole nitrogens is 2. The Morgan fingerprint density at radius 2 is 1.65 bits per heavy atom. The fourth-order valence-electron chi connectivity index (χ4n) is 4.34. The van der Waals surface area contributed by atoms with Crippen molar-refractivity contribution in [3.63, 3.8) is 0 Å². The van der Waals surface area contributed by atoms with Crippen LogP contribution in [0.1, 0.15) is 79.8 Å². The molecule has 0 fully saturated rings. The fraction of sp³-hybridized carbons (Fsp3) is 0.519. The van der Waals surface area contributed by atoms with Gasteiger partial charge in [0.15, 0.2) is 5.78 Å². The molecule has 0 saturated heterocycles. The zero-order chi connectivity index (χ0) is 24.0. The third kappa shape index (κ3) is 8.88. The van der Waals surface area contributed by atoms with Crippen LogP contribution in [-0.4, -0.2) is 55.4 Å². The molecule has 7 nitrogen and oxygen atoms in total. The number of aromatic nitrogens is 4. The maximum absolute atomic E-state index is 12.7. The number of carbonyl (C=O) groups is 1. The number of aromatic amines is 2. The molecule has 2 heterocycles. The van der Waals surface area contributed by atoms with Gasteiger partial charge in [-0.05, 0) is 56.9 Å². The van der Waals surface area contributed by atoms with Crippen LogP contribution in [-0.2, 0) is 19.6 Å². The first-order valence-corrected chi connectivity index (χ1v) is 12.7. The van der Waals surface area contributed by atoms with Crippen LogP contribution in [0.4, 0.5) is 0 Å². The number of rotatable bonds is 17. The second-order valence-corrected chi connectivity index (χ2v) is 9.04. The van der Waals surface area contributed by atoms with Gasteiger partial charge in [-0.3, -0.25) is 14.8 Å². The summed E-state index contributed by atoms with van der Waals surface area (Å²) >= 11 is 0. The van der Waals surface area contributed by atoms with Crippen LogP contribution in [0.25, 0.3) is 0 Å². The molecule has 2 aromatic heterocycles. The maximum Gasteiger partial charge on any atom is 0.162 e. The van der Waals surface area contributed by atoms with Crippen LogP contribution >= 0.6 is 0 Å². The van der Waals surface area contributed by atoms with E-state index in [-0.39, 0.29) is 5.78 Å². The van der Waals surface area contributed by atoms with Crippen molar-refractivity contribution in [1.29, 1.82) is 0 Å². The predicted molar refractivity (Wildman–Crippen MR) is 136 cm³/mol. The molecule has 1 aromatic carbocycles. The van der Waals surface area contributed by atoms with Crippen molar-refractivity contribution in [2.75, 3.05) is 19.6 Å². The number of nitrogens with zero attached hydrogens (tertiary/aromatic N) is 4. The lowest BCUT2D eigenvalue weighted by Gasteiger charge is -2.21. The van der Waals surface area contributed by atoms with E-state index in [2.05, 4.69) is 55.9 Å². The minimum Gasteiger partial charge on any atom is -0.348 e. The molecule has 0 unspecified atom stereocenters. The van der Waals surface area contributed by atoms with Crippen molar-refractivity contribution in [2.45, 2.75) is 72.0 Å². The molecule has 7 heteroatoms. The van der Waals surface area contributed by atoms with Gasteiger partial charge in [0, 0.05) is 49.4 Å². The van der Waals surface area contributed by atoms with Crippen LogP contribution in [0.5, 0.6) is 0 Å². The number of benzene rings is 1. The van der Waals surface area contributed by atoms with Gasteiger partial charge in [0.05, 0.1) is 6.54 Å². The van der Waals surface area contributed by atoms with E-state index in [0.29, 0.717) is 13.0 Å². The molecule has 184 valence electrons. The Morgan fingerprint density at radius 1 is 0.853 bits per heavy atom. The number of carbonyl (C=O) groups excluding carboxylic acids is 1. The van der Waals surface area contributed by atoms with Gasteiger partial charge in [-0.1, -0.05) is 44.5 Å². The van der Waals surface area contributed by atoms with E-state index in [4.69, 9.17) is 0 Å². The molecule has 34 heavy (non-hydrogen) atoms. The minimum absolute atomic E-state index is 0.246. The summed E-state index contributed by atoms with van der Waals surface area (Å²) in [6.07, 6.45) is 11.7. The number of unbranched alkanes of at least 4 members (excludes halogenated alkanes) is 2. The van der Waals surface area contributed by atoms with Crippen LogP contribution < -0.4 is 0 Å². The number of hydrogen-bond acceptors (Lipinski definition) is 5. The zero-order valence-corrected chi connectivity index (χ0v) is 20.8. The quantitative estimate of drug-likeness (QED) is 0.212. The molecule has 0 aliphatic rings. The standard InChI is InChI=1S/C27H40N6O/c1-3-17-32(18-4-2)19-7-5-6-8-26(34)24-11-9-23(10-12-24)20-33(21-25-13-14-30-31-25)22-27-28-15-16-29-27/h9-16H,3-8,17-22H2,1-2H3,(H,28,29)(H,30,31). The van der Waals surface area contributed by atoms with Gasteiger partial charge in [-0.15, -0.1) is 0 Å². The average molecular weight is 465 g/mol. The van der Waals surface area contributed by atoms with Gasteiger partial charge in [0.1, 0.15) is 5.82 Å². The largest absolute Gasteiger partial charge is 0.348 e. The summed E-state index contributed by atoms with van der Waals surface area (Å²) in [6, 6.07) is 10.1. The third-order valence-electron chi connectivity index (χ3n) is 6.02. The maximum atomic E-state index is 12.7. The Bertz CT molecular complexity index is 878. The highest BCUT2D eigenvalue weighted by atomic mass is 16.1. The van der Waals surface area contributed by atoms with E-state index in [1.165, 1.54) is 37.9 Å². The van der Waals surface area contributed by atoms with E-state index in [9.17, 15) is 4.79 Å². The van der Waals surface area contributed by atoms with Crippen LogP contribution in [0.3, 0.4) is 0 Å². The van der Waals surface area contributed by atoms with E-state index in [1.54, 1.807) is 12.4 Å². The summed E-state index contributed by atoms with van der Waals surface area (Å²) in [5, 5.41) is 7.09. The summed E-state index contributed by atoms with van der Waals surface area (Å²) in [5.41, 5.74) is 3.05. The molecule has 3 rings (SSSR count). The van der Waals surface area contributed by atoms with Crippen LogP contribution in [0, 0.1) is 0 Å². The molecule has 0 atom stereocenters. The van der Waals surface area contributed by atoms with Crippen molar-refractivity contribution in [3.05, 3.63) is 71.6 Å². The van der Waals surface area contributed by atoms with Gasteiger partial charge < -0.3 is 9.88 Å². The monoisotopic (exact) mass is 464 g/mol. The summed E-state index contributed by atoms with van der Waals surface area (Å²) in [5.74, 6) is 1.18. The summed E-state index contributed by atoms with van der Waals surface area (Å²) in [4.78, 5) is 25.0. The first-order chi connectivity index (χ1) is 16.7. The molecule has 0 aliphatic heterocycles. The molecular weight excluding hydrogens is 424 g/mol. The van der Waals surface area contributed by atoms with Crippen LogP contribution in [0.2, 0.25) is 0 Å². The third-order valence-corrected chi connectivity index (χ3v) is 6.02. The summed E-state index contributed by atoms with van der Waals surface area (Å²) < 4.78 is 0. The number of Topliss-reactive ketones (excluding diaryl/α,β-unsaturated/α-hetero) is 1. The predicted octanol–water partition coefficient (Wildman–Crippen LogP) is 5.20. The van der Waals surface area contributed by atoms with E-state index in [1.807, 2.05) is 24.4 Å². The molecule has 0 saturated carbocycles. The van der Waals surface area contributed by atoms with Crippen LogP contribution in [0.15, 0.2) is 48.9 Å². The first-order valence-electron chi connectivity index (χ1n) is 12.7. The highest BCUT2D eigenvalue weighted by molar-refractivity contribution is 5.96. The van der Waals surface area contributed by atoms with Crippen molar-refractivity contribution < 1.29 is 4.79 Å². The lowest BCUT2D eigenvalue weighted by atomic mass is 10.0. The van der Waals surface area contributed by atoms with E-state index in [0.717, 1.165) is 49.6 Å². The minimum atomic E-state index is 0.246. The molecule has 0 aliphatic carbocycles. The van der Waals surface area contributed by atoms with Gasteiger partial charge in [-0.2, -0.15) is 5.10 Å². The molecule has 2 N–H and O–H groups in total. The highest BCUT2D eigenvalue weighted by Crippen LogP contribution is 2.15. The number of hydrogen-bond donors (Lipinski definition) is 2. The SMILES string of the molecule is CCCN(CCC)CCCCCC(=O)c1ccc(CN(Cc2ccn[nH]2)Cc2ncc[nH]2)cc1. The zero-order valence-electron chi connectivity index (χ0n) is 20.8. The van der Waals surface area contributed by atoms with Crippen molar-refractivity contribution in [2.24, 2.45) is 0 Å². The molecule has 3 aromatic rings. The van der Waals surface area contributed by atoms with Gasteiger partial charge in [-0.25, -0.2) is 4.98 Å². The highest BCUT2D eigenvalue weighted by Gasteiger charge is 2.12. The number of nitrogens with one attached hydrogen (secondary N) is 2. The number of imidazole rings is 1. The summed E-state index contributed by atoms with van der Waals surface area (Å²) in [7, 11) is 0. The fourth-order valence-corrected chi connectivity index (χ4v) is 4.34. The number of ketones is 1. The Hall–Kier alpha value is -2.77. The molecule has 0 radical (unpaired) electrons.